The highest BCUT2D eigenvalue weighted by Crippen LogP contribution is 2.51. The minimum atomic E-state index is -1.94. The third kappa shape index (κ3) is 4.46. The zero-order chi connectivity index (χ0) is 28.9. The summed E-state index contributed by atoms with van der Waals surface area (Å²) in [7, 11) is 0. The first-order valence-corrected chi connectivity index (χ1v) is 15.1. The Morgan fingerprint density at radius 2 is 0.725 bits per heavy atom. The highest BCUT2D eigenvalue weighted by atomic mass is 32.1. The molecule has 0 radical (unpaired) electrons. The van der Waals surface area contributed by atoms with E-state index in [4.69, 9.17) is 0 Å². The van der Waals surface area contributed by atoms with E-state index in [9.17, 15) is 17.6 Å². The van der Waals surface area contributed by atoms with Gasteiger partial charge in [-0.05, 0) is 36.8 Å². The van der Waals surface area contributed by atoms with Crippen LogP contribution in [-0.4, -0.2) is 0 Å². The summed E-state index contributed by atoms with van der Waals surface area (Å²) < 4.78 is 118. The van der Waals surface area contributed by atoms with Gasteiger partial charge in [0, 0.05) is 30.9 Å². The van der Waals surface area contributed by atoms with Crippen LogP contribution in [0, 0.1) is 46.5 Å². The summed E-state index contributed by atoms with van der Waals surface area (Å²) in [6.07, 6.45) is 6.75. The smallest absolute Gasteiger partial charge is 0.198 e. The Bertz CT molecular complexity index is 1640. The predicted molar refractivity (Wildman–Crippen MR) is 148 cm³/mol. The molecule has 0 unspecified atom stereocenters. The lowest BCUT2D eigenvalue weighted by atomic mass is 9.92. The monoisotopic (exact) mass is 602 g/mol. The fraction of sp³-hybridized carbons (Fsp3) is 0.400. The predicted octanol–water partition coefficient (Wildman–Crippen LogP) is 11.8. The third-order valence-corrected chi connectivity index (χ3v) is 10.0. The SMILES string of the molecule is CCCCCCc1c2sc3c(F)c(F)c(F)c(F)c3c2c(CCCCCC)c2sc3c(F)c(F)c(F)c(F)c3c12. The topological polar surface area (TPSA) is 0 Å². The van der Waals surface area contributed by atoms with E-state index in [1.54, 1.807) is 0 Å². The minimum absolute atomic E-state index is 0.165. The minimum Gasteiger partial charge on any atom is -0.203 e. The fourth-order valence-electron chi connectivity index (χ4n) is 5.56. The summed E-state index contributed by atoms with van der Waals surface area (Å²) in [5, 5.41) is -0.514. The Morgan fingerprint density at radius 1 is 0.375 bits per heavy atom. The van der Waals surface area contributed by atoms with Crippen LogP contribution in [0.3, 0.4) is 0 Å². The van der Waals surface area contributed by atoms with Gasteiger partial charge in [-0.3, -0.25) is 0 Å². The van der Waals surface area contributed by atoms with Crippen molar-refractivity contribution in [2.24, 2.45) is 0 Å². The number of thiophene rings is 2. The Kier molecular flexibility index (Phi) is 8.30. The fourth-order valence-corrected chi connectivity index (χ4v) is 8.22. The second-order valence-electron chi connectivity index (χ2n) is 10.1. The lowest BCUT2D eigenvalue weighted by Gasteiger charge is -2.13. The van der Waals surface area contributed by atoms with Crippen molar-refractivity contribution < 1.29 is 35.1 Å². The number of benzene rings is 3. The second-order valence-corrected chi connectivity index (χ2v) is 12.2. The zero-order valence-electron chi connectivity index (χ0n) is 21.9. The molecule has 0 saturated carbocycles. The van der Waals surface area contributed by atoms with Gasteiger partial charge in [0.15, 0.2) is 46.5 Å². The molecule has 0 aliphatic carbocycles. The summed E-state index contributed by atoms with van der Waals surface area (Å²) >= 11 is 1.43. The number of hydrogen-bond acceptors (Lipinski definition) is 2. The van der Waals surface area contributed by atoms with Gasteiger partial charge in [0.25, 0.3) is 0 Å². The average molecular weight is 603 g/mol. The summed E-state index contributed by atoms with van der Waals surface area (Å²) in [6, 6.07) is 0. The van der Waals surface area contributed by atoms with E-state index in [2.05, 4.69) is 0 Å². The number of hydrogen-bond donors (Lipinski definition) is 0. The molecule has 0 N–H and O–H groups in total. The maximum absolute atomic E-state index is 15.4. The first kappa shape index (κ1) is 29.0. The molecule has 2 heterocycles. The van der Waals surface area contributed by atoms with Gasteiger partial charge in [-0.2, -0.15) is 0 Å². The number of fused-ring (bicyclic) bond motifs is 6. The van der Waals surface area contributed by atoms with Crippen molar-refractivity contribution in [1.82, 2.24) is 0 Å². The molecule has 5 aromatic rings. The molecule has 0 nitrogen and oxygen atoms in total. The van der Waals surface area contributed by atoms with E-state index in [0.717, 1.165) is 38.5 Å². The summed E-state index contributed by atoms with van der Waals surface area (Å²) in [5.74, 6) is -13.9. The molecule has 40 heavy (non-hydrogen) atoms. The maximum Gasteiger partial charge on any atom is 0.198 e. The first-order chi connectivity index (χ1) is 19.1. The lowest BCUT2D eigenvalue weighted by molar-refractivity contribution is 0.419. The summed E-state index contributed by atoms with van der Waals surface area (Å²) in [6.45, 7) is 4.01. The Labute approximate surface area is 233 Å². The van der Waals surface area contributed by atoms with E-state index in [1.165, 1.54) is 0 Å². The van der Waals surface area contributed by atoms with E-state index < -0.39 is 66.7 Å². The Hall–Kier alpha value is -2.46. The molecule has 0 aliphatic heterocycles. The molecule has 0 spiro atoms. The third-order valence-electron chi connectivity index (χ3n) is 7.52. The van der Waals surface area contributed by atoms with Crippen LogP contribution in [0.5, 0.6) is 0 Å². The van der Waals surface area contributed by atoms with Gasteiger partial charge in [-0.25, -0.2) is 35.1 Å². The number of aryl methyl sites for hydroxylation is 2. The largest absolute Gasteiger partial charge is 0.203 e. The van der Waals surface area contributed by atoms with Crippen LogP contribution in [0.2, 0.25) is 0 Å². The van der Waals surface area contributed by atoms with E-state index in [-0.39, 0.29) is 33.0 Å². The van der Waals surface area contributed by atoms with Crippen LogP contribution in [0.25, 0.3) is 40.3 Å². The second kappa shape index (κ2) is 11.4. The summed E-state index contributed by atoms with van der Waals surface area (Å²) in [4.78, 5) is 0. The zero-order valence-corrected chi connectivity index (χ0v) is 23.5. The highest BCUT2D eigenvalue weighted by Gasteiger charge is 2.31. The molecule has 5 rings (SSSR count). The van der Waals surface area contributed by atoms with Gasteiger partial charge in [0.1, 0.15) is 0 Å². The van der Waals surface area contributed by atoms with Crippen molar-refractivity contribution in [2.45, 2.75) is 78.1 Å². The van der Waals surface area contributed by atoms with Crippen LogP contribution in [0.4, 0.5) is 35.1 Å². The van der Waals surface area contributed by atoms with Crippen LogP contribution in [0.1, 0.15) is 76.3 Å². The molecule has 0 fully saturated rings. The van der Waals surface area contributed by atoms with Crippen molar-refractivity contribution in [2.75, 3.05) is 0 Å². The maximum atomic E-state index is 15.4. The van der Waals surface area contributed by atoms with Gasteiger partial charge >= 0.3 is 0 Å². The first-order valence-electron chi connectivity index (χ1n) is 13.4. The normalized spacial score (nSPS) is 12.2. The lowest BCUT2D eigenvalue weighted by Crippen LogP contribution is -1.99. The summed E-state index contributed by atoms with van der Waals surface area (Å²) in [5.41, 5.74) is 0.768. The molecule has 214 valence electrons. The molecular formula is C30H26F8S2. The molecule has 0 saturated heterocycles. The van der Waals surface area contributed by atoms with Gasteiger partial charge in [0.05, 0.1) is 9.40 Å². The highest BCUT2D eigenvalue weighted by molar-refractivity contribution is 7.28. The van der Waals surface area contributed by atoms with Crippen molar-refractivity contribution in [3.05, 3.63) is 57.7 Å². The van der Waals surface area contributed by atoms with Crippen LogP contribution >= 0.6 is 22.7 Å². The molecular weight excluding hydrogens is 576 g/mol. The molecule has 3 aromatic carbocycles. The van der Waals surface area contributed by atoms with Gasteiger partial charge in [-0.15, -0.1) is 22.7 Å². The van der Waals surface area contributed by atoms with E-state index in [1.807, 2.05) is 13.8 Å². The number of rotatable bonds is 10. The van der Waals surface area contributed by atoms with Gasteiger partial charge < -0.3 is 0 Å². The molecule has 0 atom stereocenters. The van der Waals surface area contributed by atoms with E-state index >= 15 is 17.6 Å². The molecule has 10 heteroatoms. The van der Waals surface area contributed by atoms with Crippen molar-refractivity contribution >= 4 is 63.0 Å². The molecule has 0 aliphatic rings. The number of unbranched alkanes of at least 4 members (excludes halogenated alkanes) is 6. The van der Waals surface area contributed by atoms with Crippen LogP contribution in [-0.2, 0) is 12.8 Å². The van der Waals surface area contributed by atoms with Crippen LogP contribution in [0.15, 0.2) is 0 Å². The van der Waals surface area contributed by atoms with Gasteiger partial charge in [0.2, 0.25) is 0 Å². The van der Waals surface area contributed by atoms with Gasteiger partial charge in [-0.1, -0.05) is 52.4 Å². The van der Waals surface area contributed by atoms with Crippen molar-refractivity contribution in [3.63, 3.8) is 0 Å². The van der Waals surface area contributed by atoms with E-state index in [0.29, 0.717) is 46.6 Å². The molecule has 2 aromatic heterocycles. The molecule has 0 bridgehead atoms. The molecule has 0 amide bonds. The van der Waals surface area contributed by atoms with Crippen molar-refractivity contribution in [1.29, 1.82) is 0 Å². The Balaban J connectivity index is 1.99. The standard InChI is InChI=1S/C30H26F8S2/c1-3-5-7-9-11-13-15-17-19(31)21(33)23(35)25(37)29(17)40-28(15)14(12-10-8-6-4-2)16-18-20(32)22(34)24(36)26(38)30(18)39-27(13)16/h3-12H2,1-2H3. The Morgan fingerprint density at radius 3 is 1.07 bits per heavy atom. The van der Waals surface area contributed by atoms with Crippen molar-refractivity contribution in [3.8, 4) is 0 Å². The van der Waals surface area contributed by atoms with Crippen LogP contribution < -0.4 is 0 Å². The quantitative estimate of drug-likeness (QED) is 0.0646. The number of halogens is 8. The average Bonchev–Trinajstić information content (AvgIpc) is 3.54.